The lowest BCUT2D eigenvalue weighted by Gasteiger charge is -2.28. The summed E-state index contributed by atoms with van der Waals surface area (Å²) in [4.78, 5) is 24.2. The number of aryl methyl sites for hydroxylation is 2. The number of hydrogen-bond donors (Lipinski definition) is 2. The fourth-order valence-corrected chi connectivity index (χ4v) is 5.34. The minimum absolute atomic E-state index is 0.0992. The summed E-state index contributed by atoms with van der Waals surface area (Å²) in [5, 5.41) is 11.6. The van der Waals surface area contributed by atoms with E-state index in [4.69, 9.17) is 42.6 Å². The van der Waals surface area contributed by atoms with Crippen molar-refractivity contribution in [2.45, 2.75) is 45.7 Å². The van der Waals surface area contributed by atoms with Crippen LogP contribution in [0.1, 0.15) is 41.5 Å². The molecule has 0 spiro atoms. The molecule has 0 atom stereocenters. The Labute approximate surface area is 257 Å². The first-order valence-electron chi connectivity index (χ1n) is 14.0. The van der Waals surface area contributed by atoms with Crippen LogP contribution >= 0.6 is 23.2 Å². The van der Waals surface area contributed by atoms with Gasteiger partial charge in [0.05, 0.1) is 5.02 Å². The number of nitrogens with zero attached hydrogens (tertiary/aromatic N) is 1. The number of carboxylic acid groups (broad SMARTS) is 1. The summed E-state index contributed by atoms with van der Waals surface area (Å²) >= 11 is 12.7. The standard InChI is InChI=1S/C32H34Cl2N2O3.CH2O2/c1-21-17-30(34)31(18-22(21)2)39-16-15-38-26-11-7-23(8-12-26)27-13-14-35-19-28(27)32(37)36(25-9-10-25)20-24-5-3-4-6-29(24)33;2-1-3/h3-8,11-12,17-18,25,35H,9-10,13-16,19-20H2,1-2H3;1H,(H,2,3). The van der Waals surface area contributed by atoms with Crippen molar-refractivity contribution in [3.8, 4) is 11.5 Å². The first kappa shape index (κ1) is 31.4. The maximum absolute atomic E-state index is 13.8. The van der Waals surface area contributed by atoms with Gasteiger partial charge in [-0.05, 0) is 97.8 Å². The summed E-state index contributed by atoms with van der Waals surface area (Å²) in [6, 6.07) is 19.9. The van der Waals surface area contributed by atoms with Gasteiger partial charge in [-0.25, -0.2) is 0 Å². The number of ether oxygens (including phenoxy) is 2. The number of carbonyl (C=O) groups is 2. The second-order valence-electron chi connectivity index (χ2n) is 10.3. The zero-order chi connectivity index (χ0) is 30.1. The van der Waals surface area contributed by atoms with Crippen LogP contribution in [0, 0.1) is 13.8 Å². The highest BCUT2D eigenvalue weighted by Gasteiger charge is 2.35. The molecule has 222 valence electrons. The molecule has 0 unspecified atom stereocenters. The molecular weight excluding hydrogens is 575 g/mol. The molecule has 0 saturated heterocycles. The van der Waals surface area contributed by atoms with E-state index in [1.54, 1.807) is 0 Å². The van der Waals surface area contributed by atoms with Gasteiger partial charge in [0.2, 0.25) is 0 Å². The maximum Gasteiger partial charge on any atom is 0.290 e. The summed E-state index contributed by atoms with van der Waals surface area (Å²) in [7, 11) is 0. The highest BCUT2D eigenvalue weighted by molar-refractivity contribution is 6.32. The number of nitrogens with one attached hydrogen (secondary N) is 1. The predicted molar refractivity (Wildman–Crippen MR) is 166 cm³/mol. The maximum atomic E-state index is 13.8. The molecule has 9 heteroatoms. The van der Waals surface area contributed by atoms with Crippen LogP contribution in [0.4, 0.5) is 0 Å². The van der Waals surface area contributed by atoms with Crippen molar-refractivity contribution >= 4 is 41.2 Å². The van der Waals surface area contributed by atoms with Gasteiger partial charge in [-0.3, -0.25) is 9.59 Å². The molecule has 3 aromatic carbocycles. The molecule has 3 aromatic rings. The van der Waals surface area contributed by atoms with Crippen molar-refractivity contribution in [2.75, 3.05) is 26.3 Å². The molecule has 7 nitrogen and oxygen atoms in total. The van der Waals surface area contributed by atoms with E-state index in [9.17, 15) is 4.79 Å². The van der Waals surface area contributed by atoms with Gasteiger partial charge in [0.1, 0.15) is 24.7 Å². The third kappa shape index (κ3) is 8.28. The Morgan fingerprint density at radius 3 is 2.36 bits per heavy atom. The summed E-state index contributed by atoms with van der Waals surface area (Å²) < 4.78 is 11.7. The fraction of sp³-hybridized carbons (Fsp3) is 0.333. The number of carbonyl (C=O) groups excluding carboxylic acids is 1. The Morgan fingerprint density at radius 2 is 1.67 bits per heavy atom. The Kier molecular flexibility index (Phi) is 11.3. The minimum Gasteiger partial charge on any atom is -0.490 e. The monoisotopic (exact) mass is 610 g/mol. The Hall–Kier alpha value is -3.52. The van der Waals surface area contributed by atoms with E-state index in [1.165, 1.54) is 0 Å². The summed E-state index contributed by atoms with van der Waals surface area (Å²) in [6.45, 7) is 6.55. The van der Waals surface area contributed by atoms with E-state index < -0.39 is 0 Å². The second kappa shape index (κ2) is 15.1. The van der Waals surface area contributed by atoms with Crippen molar-refractivity contribution in [2.24, 2.45) is 0 Å². The van der Waals surface area contributed by atoms with Gasteiger partial charge in [0.15, 0.2) is 0 Å². The van der Waals surface area contributed by atoms with E-state index in [2.05, 4.69) is 5.32 Å². The van der Waals surface area contributed by atoms with Crippen LogP contribution < -0.4 is 14.8 Å². The minimum atomic E-state index is -0.250. The molecule has 1 amide bonds. The summed E-state index contributed by atoms with van der Waals surface area (Å²) in [5.74, 6) is 1.53. The summed E-state index contributed by atoms with van der Waals surface area (Å²) in [5.41, 5.74) is 6.25. The predicted octanol–water partition coefficient (Wildman–Crippen LogP) is 6.71. The molecule has 1 aliphatic carbocycles. The van der Waals surface area contributed by atoms with Gasteiger partial charge in [0.25, 0.3) is 12.4 Å². The number of halogens is 2. The first-order valence-corrected chi connectivity index (χ1v) is 14.8. The van der Waals surface area contributed by atoms with Crippen LogP contribution in [0.5, 0.6) is 11.5 Å². The number of hydrogen-bond acceptors (Lipinski definition) is 5. The van der Waals surface area contributed by atoms with E-state index in [0.717, 1.165) is 65.0 Å². The molecule has 5 rings (SSSR count). The quantitative estimate of drug-likeness (QED) is 0.196. The van der Waals surface area contributed by atoms with Crippen LogP contribution in [0.3, 0.4) is 0 Å². The van der Waals surface area contributed by atoms with Crippen LogP contribution in [0.25, 0.3) is 5.57 Å². The average molecular weight is 612 g/mol. The highest BCUT2D eigenvalue weighted by atomic mass is 35.5. The SMILES string of the molecule is Cc1cc(Cl)c(OCCOc2ccc(C3=C(C(=O)N(Cc4ccccc4Cl)C4CC4)CNCC3)cc2)cc1C.O=CO. The third-order valence-corrected chi connectivity index (χ3v) is 8.05. The van der Waals surface area contributed by atoms with Crippen LogP contribution in [-0.2, 0) is 16.1 Å². The second-order valence-corrected chi connectivity index (χ2v) is 11.1. The van der Waals surface area contributed by atoms with Crippen molar-refractivity contribution in [3.05, 3.63) is 98.5 Å². The normalized spacial score (nSPS) is 14.5. The average Bonchev–Trinajstić information content (AvgIpc) is 3.83. The van der Waals surface area contributed by atoms with E-state index >= 15 is 0 Å². The molecule has 1 heterocycles. The van der Waals surface area contributed by atoms with Gasteiger partial charge < -0.3 is 24.8 Å². The van der Waals surface area contributed by atoms with Gasteiger partial charge in [0, 0.05) is 29.7 Å². The third-order valence-electron chi connectivity index (χ3n) is 7.38. The molecule has 1 aliphatic heterocycles. The highest BCUT2D eigenvalue weighted by Crippen LogP contribution is 2.34. The van der Waals surface area contributed by atoms with Crippen molar-refractivity contribution < 1.29 is 24.2 Å². The van der Waals surface area contributed by atoms with Gasteiger partial charge >= 0.3 is 0 Å². The number of amides is 1. The molecule has 0 radical (unpaired) electrons. The molecule has 42 heavy (non-hydrogen) atoms. The Bertz CT molecular complexity index is 1420. The van der Waals surface area contributed by atoms with Crippen molar-refractivity contribution in [1.29, 1.82) is 0 Å². The lowest BCUT2D eigenvalue weighted by atomic mass is 9.93. The summed E-state index contributed by atoms with van der Waals surface area (Å²) in [6.07, 6.45) is 2.88. The lowest BCUT2D eigenvalue weighted by Crippen LogP contribution is -2.39. The molecule has 0 bridgehead atoms. The zero-order valence-corrected chi connectivity index (χ0v) is 25.4. The lowest BCUT2D eigenvalue weighted by molar-refractivity contribution is -0.128. The molecular formula is C33H36Cl2N2O5. The molecule has 0 aromatic heterocycles. The van der Waals surface area contributed by atoms with E-state index in [0.29, 0.717) is 42.1 Å². The fourth-order valence-electron chi connectivity index (χ4n) is 4.87. The van der Waals surface area contributed by atoms with E-state index in [1.807, 2.05) is 79.4 Å². The molecule has 2 N–H and O–H groups in total. The zero-order valence-electron chi connectivity index (χ0n) is 23.9. The van der Waals surface area contributed by atoms with Gasteiger partial charge in [-0.2, -0.15) is 0 Å². The largest absolute Gasteiger partial charge is 0.490 e. The van der Waals surface area contributed by atoms with Crippen molar-refractivity contribution in [3.63, 3.8) is 0 Å². The van der Waals surface area contributed by atoms with Crippen LogP contribution in [-0.4, -0.2) is 54.7 Å². The van der Waals surface area contributed by atoms with Crippen LogP contribution in [0.2, 0.25) is 10.0 Å². The van der Waals surface area contributed by atoms with Gasteiger partial charge in [-0.15, -0.1) is 0 Å². The molecule has 1 fully saturated rings. The van der Waals surface area contributed by atoms with Crippen LogP contribution in [0.15, 0.2) is 66.2 Å². The van der Waals surface area contributed by atoms with Gasteiger partial charge in [-0.1, -0.05) is 53.5 Å². The number of rotatable bonds is 10. The first-order chi connectivity index (χ1) is 20.3. The van der Waals surface area contributed by atoms with E-state index in [-0.39, 0.29) is 18.4 Å². The molecule has 1 saturated carbocycles. The Balaban J connectivity index is 0.00000129. The topological polar surface area (TPSA) is 88.1 Å². The number of benzene rings is 3. The smallest absolute Gasteiger partial charge is 0.290 e. The Morgan fingerprint density at radius 1 is 1.00 bits per heavy atom. The van der Waals surface area contributed by atoms with Crippen molar-refractivity contribution in [1.82, 2.24) is 10.2 Å². The molecule has 2 aliphatic rings.